The summed E-state index contributed by atoms with van der Waals surface area (Å²) in [5.74, 6) is 0. The average molecular weight is 372 g/mol. The Kier molecular flexibility index (Phi) is 97.4. The molecular weight excluding hydrogens is 355 g/mol. The van der Waals surface area contributed by atoms with E-state index in [0.717, 1.165) is 12.0 Å². The summed E-state index contributed by atoms with van der Waals surface area (Å²) in [5.41, 5.74) is 0.750. The summed E-state index contributed by atoms with van der Waals surface area (Å²) in [6.45, 7) is 0. The molecule has 1 nitrogen and oxygen atoms in total. The van der Waals surface area contributed by atoms with E-state index in [1.54, 1.807) is 6.08 Å². The average Bonchev–Trinajstić information content (AvgIpc) is 2.14. The molecule has 91 valence electrons. The number of allylic oxidation sites excluding steroid dienone is 4. The van der Waals surface area contributed by atoms with Crippen molar-refractivity contribution in [2.24, 2.45) is 0 Å². The van der Waals surface area contributed by atoms with Crippen molar-refractivity contribution >= 4 is 6.29 Å². The van der Waals surface area contributed by atoms with E-state index in [-0.39, 0.29) is 80.4 Å². The van der Waals surface area contributed by atoms with Gasteiger partial charge in [-0.15, -0.1) is 12.2 Å². The van der Waals surface area contributed by atoms with E-state index in [2.05, 4.69) is 0 Å². The first-order chi connectivity index (χ1) is 3.43. The van der Waals surface area contributed by atoms with Gasteiger partial charge >= 0.3 is 16.8 Å². The first-order valence-electron chi connectivity index (χ1n) is 2.17. The van der Waals surface area contributed by atoms with Crippen LogP contribution in [-0.4, -0.2) is 6.29 Å². The SMILES string of the molecule is O=[C-]C1=CC=CC1.[Br-].[Br-].[CH3-].[CH3-].[CH3-].[CH3-].[Co+2]. The minimum Gasteiger partial charge on any atom is -1.00 e. The molecule has 1 aliphatic carbocycles. The van der Waals surface area contributed by atoms with Gasteiger partial charge in [-0.1, -0.05) is 0 Å². The van der Waals surface area contributed by atoms with Crippen molar-refractivity contribution in [1.29, 1.82) is 0 Å². The van der Waals surface area contributed by atoms with Crippen LogP contribution in [0.25, 0.3) is 0 Å². The molecule has 1 rings (SSSR count). The van der Waals surface area contributed by atoms with Crippen molar-refractivity contribution in [3.05, 3.63) is 53.5 Å². The van der Waals surface area contributed by atoms with Crippen LogP contribution in [0.15, 0.2) is 23.8 Å². The third-order valence-corrected chi connectivity index (χ3v) is 0.902. The second kappa shape index (κ2) is 29.2. The molecule has 4 heteroatoms. The van der Waals surface area contributed by atoms with Crippen molar-refractivity contribution in [1.82, 2.24) is 0 Å². The molecule has 0 fully saturated rings. The van der Waals surface area contributed by atoms with Gasteiger partial charge in [-0.25, -0.2) is 6.08 Å². The van der Waals surface area contributed by atoms with Crippen LogP contribution in [0.1, 0.15) is 6.42 Å². The zero-order valence-electron chi connectivity index (χ0n) is 8.94. The number of rotatable bonds is 1. The van der Waals surface area contributed by atoms with Crippen molar-refractivity contribution in [2.45, 2.75) is 6.42 Å². The van der Waals surface area contributed by atoms with E-state index >= 15 is 0 Å². The maximum Gasteiger partial charge on any atom is 2.00 e. The Morgan fingerprint density at radius 3 is 1.64 bits per heavy atom. The smallest absolute Gasteiger partial charge is 1.00 e. The van der Waals surface area contributed by atoms with Gasteiger partial charge in [0.1, 0.15) is 0 Å². The largest absolute Gasteiger partial charge is 2.00 e. The van der Waals surface area contributed by atoms with E-state index in [1.807, 2.05) is 18.4 Å². The van der Waals surface area contributed by atoms with E-state index in [0.29, 0.717) is 0 Å². The number of carbonyl (C=O) groups excluding carboxylic acids is 1. The van der Waals surface area contributed by atoms with Crippen LogP contribution in [0.5, 0.6) is 0 Å². The molecule has 0 saturated carbocycles. The topological polar surface area (TPSA) is 17.1 Å². The van der Waals surface area contributed by atoms with Crippen LogP contribution >= 0.6 is 0 Å². The molecule has 1 aliphatic rings. The molecule has 0 aliphatic heterocycles. The fraction of sp³-hybridized carbons (Fsp3) is 0.100. The fourth-order valence-electron chi connectivity index (χ4n) is 0.523. The van der Waals surface area contributed by atoms with Crippen LogP contribution in [0.2, 0.25) is 0 Å². The summed E-state index contributed by atoms with van der Waals surface area (Å²) in [5, 5.41) is 0. The van der Waals surface area contributed by atoms with Gasteiger partial charge in [0.05, 0.1) is 0 Å². The van der Waals surface area contributed by atoms with Gasteiger partial charge in [-0.2, -0.15) is 5.57 Å². The second-order valence-corrected chi connectivity index (χ2v) is 1.43. The van der Waals surface area contributed by atoms with Crippen molar-refractivity contribution < 1.29 is 55.5 Å². The van der Waals surface area contributed by atoms with Gasteiger partial charge in [-0.05, 0) is 12.7 Å². The van der Waals surface area contributed by atoms with Crippen LogP contribution in [0.3, 0.4) is 0 Å². The van der Waals surface area contributed by atoms with E-state index in [9.17, 15) is 4.79 Å². The fourth-order valence-corrected chi connectivity index (χ4v) is 0.523. The third-order valence-electron chi connectivity index (χ3n) is 0.902. The molecule has 0 bridgehead atoms. The Bertz CT molecular complexity index is 145. The molecule has 0 saturated heterocycles. The zero-order chi connectivity index (χ0) is 5.11. The Balaban J connectivity index is -0.0000000140. The van der Waals surface area contributed by atoms with Crippen molar-refractivity contribution in [2.75, 3.05) is 0 Å². The Hall–Kier alpha value is 0.616. The third kappa shape index (κ3) is 18.4. The van der Waals surface area contributed by atoms with E-state index in [4.69, 9.17) is 0 Å². The maximum atomic E-state index is 9.77. The van der Waals surface area contributed by atoms with Crippen molar-refractivity contribution in [3.8, 4) is 0 Å². The van der Waals surface area contributed by atoms with Gasteiger partial charge in [0.2, 0.25) is 0 Å². The quantitative estimate of drug-likeness (QED) is 0.443. The monoisotopic (exact) mass is 370 g/mol. The molecule has 0 aromatic carbocycles. The predicted octanol–water partition coefficient (Wildman–Crippen LogP) is -3.21. The van der Waals surface area contributed by atoms with Crippen LogP contribution in [0, 0.1) is 29.7 Å². The van der Waals surface area contributed by atoms with Gasteiger partial charge in [0.15, 0.2) is 0 Å². The molecule has 0 unspecified atom stereocenters. The zero-order valence-corrected chi connectivity index (χ0v) is 13.1. The van der Waals surface area contributed by atoms with Gasteiger partial charge in [0.25, 0.3) is 0 Å². The summed E-state index contributed by atoms with van der Waals surface area (Å²) in [6.07, 6.45) is 8.14. The van der Waals surface area contributed by atoms with Crippen LogP contribution < -0.4 is 34.0 Å². The Morgan fingerprint density at radius 2 is 1.50 bits per heavy atom. The molecule has 14 heavy (non-hydrogen) atoms. The number of hydrogen-bond acceptors (Lipinski definition) is 1. The van der Waals surface area contributed by atoms with Crippen LogP contribution in [0.4, 0.5) is 0 Å². The predicted molar refractivity (Wildman–Crippen MR) is 53.2 cm³/mol. The molecular formula is C10H17Br2CoO-5. The first kappa shape index (κ1) is 46.7. The maximum absolute atomic E-state index is 9.77. The standard InChI is InChI=1S/C6H5O.4CH3.2BrH.Co/c7-5-6-3-1-2-4-6;;;;;;;/h1-3H,4H2;4*1H3;2*1H;/q5*-1;;;+2/p-2. The Labute approximate surface area is 121 Å². The molecule has 0 aromatic rings. The molecule has 0 heterocycles. The summed E-state index contributed by atoms with van der Waals surface area (Å²) in [6, 6.07) is 0. The molecule has 0 spiro atoms. The molecule has 0 aromatic heterocycles. The first-order valence-corrected chi connectivity index (χ1v) is 2.17. The number of halogens is 2. The van der Waals surface area contributed by atoms with E-state index in [1.165, 1.54) is 0 Å². The summed E-state index contributed by atoms with van der Waals surface area (Å²) in [7, 11) is 0. The summed E-state index contributed by atoms with van der Waals surface area (Å²) >= 11 is 0. The van der Waals surface area contributed by atoms with Crippen molar-refractivity contribution in [3.63, 3.8) is 0 Å². The van der Waals surface area contributed by atoms with Gasteiger partial charge < -0.3 is 68.5 Å². The molecule has 0 atom stereocenters. The number of hydrogen-bond donors (Lipinski definition) is 0. The minimum absolute atomic E-state index is 0. The molecule has 0 amide bonds. The van der Waals surface area contributed by atoms with Crippen LogP contribution in [-0.2, 0) is 21.6 Å². The second-order valence-electron chi connectivity index (χ2n) is 1.43. The molecule has 1 radical (unpaired) electrons. The molecule has 0 N–H and O–H groups in total. The Morgan fingerprint density at radius 1 is 1.07 bits per heavy atom. The van der Waals surface area contributed by atoms with Gasteiger partial charge in [-0.3, -0.25) is 0 Å². The summed E-state index contributed by atoms with van der Waals surface area (Å²) in [4.78, 5) is 9.77. The van der Waals surface area contributed by atoms with E-state index < -0.39 is 0 Å². The normalized spacial score (nSPS) is 8.43. The summed E-state index contributed by atoms with van der Waals surface area (Å²) < 4.78 is 0. The minimum atomic E-state index is 0. The van der Waals surface area contributed by atoms with Gasteiger partial charge in [0, 0.05) is 0 Å².